The van der Waals surface area contributed by atoms with Crippen molar-refractivity contribution in [1.82, 2.24) is 25.0 Å². The van der Waals surface area contributed by atoms with Gasteiger partial charge in [-0.3, -0.25) is 0 Å². The van der Waals surface area contributed by atoms with Crippen LogP contribution in [0.1, 0.15) is 5.69 Å². The lowest BCUT2D eigenvalue weighted by Crippen LogP contribution is -1.90. The molecule has 4 aromatic rings. The van der Waals surface area contributed by atoms with Gasteiger partial charge < -0.3 is 4.52 Å². The number of hydrogen-bond donors (Lipinski definition) is 0. The summed E-state index contributed by atoms with van der Waals surface area (Å²) in [6.45, 7) is 1.88. The van der Waals surface area contributed by atoms with Gasteiger partial charge in [0, 0.05) is 11.6 Å². The van der Waals surface area contributed by atoms with Crippen molar-refractivity contribution in [1.29, 1.82) is 0 Å². The Labute approximate surface area is 117 Å². The number of rotatable bonds is 2. The van der Waals surface area contributed by atoms with Crippen LogP contribution in [0.5, 0.6) is 0 Å². The lowest BCUT2D eigenvalue weighted by atomic mass is 10.2. The highest BCUT2D eigenvalue weighted by Gasteiger charge is 2.16. The molecule has 3 aromatic heterocycles. The minimum atomic E-state index is 0.650. The van der Waals surface area contributed by atoms with Gasteiger partial charge in [0.2, 0.25) is 4.96 Å². The van der Waals surface area contributed by atoms with E-state index in [1.54, 1.807) is 4.52 Å². The molecule has 0 aliphatic heterocycles. The van der Waals surface area contributed by atoms with E-state index in [-0.39, 0.29) is 0 Å². The summed E-state index contributed by atoms with van der Waals surface area (Å²) in [6.07, 6.45) is 0. The molecule has 4 rings (SSSR count). The van der Waals surface area contributed by atoms with Gasteiger partial charge in [-0.1, -0.05) is 46.8 Å². The van der Waals surface area contributed by atoms with Crippen LogP contribution < -0.4 is 0 Å². The Morgan fingerprint density at radius 3 is 2.75 bits per heavy atom. The molecule has 0 radical (unpaired) electrons. The molecule has 20 heavy (non-hydrogen) atoms. The molecule has 0 bridgehead atoms. The van der Waals surface area contributed by atoms with Crippen molar-refractivity contribution >= 4 is 16.3 Å². The van der Waals surface area contributed by atoms with Crippen LogP contribution in [0.25, 0.3) is 27.1 Å². The Morgan fingerprint density at radius 1 is 1.15 bits per heavy atom. The third-order valence-electron chi connectivity index (χ3n) is 2.86. The second-order valence-corrected chi connectivity index (χ2v) is 5.28. The summed E-state index contributed by atoms with van der Waals surface area (Å²) in [7, 11) is 0. The third kappa shape index (κ3) is 1.71. The highest BCUT2D eigenvalue weighted by atomic mass is 32.1. The van der Waals surface area contributed by atoms with E-state index in [2.05, 4.69) is 20.5 Å². The predicted octanol–water partition coefficient (Wildman–Crippen LogP) is 2.82. The monoisotopic (exact) mass is 283 g/mol. The summed E-state index contributed by atoms with van der Waals surface area (Å²) < 4.78 is 6.96. The Hall–Kier alpha value is -2.54. The van der Waals surface area contributed by atoms with Crippen molar-refractivity contribution in [3.8, 4) is 22.2 Å². The summed E-state index contributed by atoms with van der Waals surface area (Å²) in [4.78, 5) is 0.730. The molecule has 1 aromatic carbocycles. The molecule has 3 heterocycles. The van der Waals surface area contributed by atoms with Crippen LogP contribution in [-0.4, -0.2) is 25.0 Å². The maximum Gasteiger partial charge on any atom is 0.235 e. The van der Waals surface area contributed by atoms with E-state index in [4.69, 9.17) is 4.52 Å². The molecular formula is C13H9N5OS. The van der Waals surface area contributed by atoms with Gasteiger partial charge in [-0.15, -0.1) is 15.3 Å². The minimum absolute atomic E-state index is 0.650. The van der Waals surface area contributed by atoms with E-state index in [1.165, 1.54) is 11.3 Å². The second kappa shape index (κ2) is 4.24. The quantitative estimate of drug-likeness (QED) is 0.566. The highest BCUT2D eigenvalue weighted by molar-refractivity contribution is 7.19. The average molecular weight is 283 g/mol. The average Bonchev–Trinajstić information content (AvgIpc) is 3.13. The van der Waals surface area contributed by atoms with Crippen molar-refractivity contribution in [2.24, 2.45) is 0 Å². The number of aromatic nitrogens is 5. The summed E-state index contributed by atoms with van der Waals surface area (Å²) >= 11 is 1.42. The standard InChI is InChI=1S/C13H9N5OS/c1-8-7-10(19-17-8)12-16-18-11(14-15-13(18)20-12)9-5-3-2-4-6-9/h2-7H,1H3. The van der Waals surface area contributed by atoms with Crippen LogP contribution in [0.3, 0.4) is 0 Å². The summed E-state index contributed by atoms with van der Waals surface area (Å²) in [5.41, 5.74) is 1.81. The van der Waals surface area contributed by atoms with Gasteiger partial charge in [0.25, 0.3) is 0 Å². The van der Waals surface area contributed by atoms with Gasteiger partial charge in [0.15, 0.2) is 16.6 Å². The molecular weight excluding hydrogens is 274 g/mol. The van der Waals surface area contributed by atoms with Crippen LogP contribution >= 0.6 is 11.3 Å². The van der Waals surface area contributed by atoms with Crippen LogP contribution in [-0.2, 0) is 0 Å². The fraction of sp³-hybridized carbons (Fsp3) is 0.0769. The number of nitrogens with zero attached hydrogens (tertiary/aromatic N) is 5. The van der Waals surface area contributed by atoms with Gasteiger partial charge in [-0.2, -0.15) is 4.52 Å². The molecule has 0 unspecified atom stereocenters. The molecule has 0 amide bonds. The van der Waals surface area contributed by atoms with Gasteiger partial charge >= 0.3 is 0 Å². The number of hydrogen-bond acceptors (Lipinski definition) is 6. The Bertz CT molecular complexity index is 877. The topological polar surface area (TPSA) is 69.1 Å². The molecule has 98 valence electrons. The first-order valence-corrected chi connectivity index (χ1v) is 6.84. The Kier molecular flexibility index (Phi) is 2.40. The minimum Gasteiger partial charge on any atom is -0.353 e. The van der Waals surface area contributed by atoms with E-state index in [1.807, 2.05) is 43.3 Å². The van der Waals surface area contributed by atoms with E-state index in [0.29, 0.717) is 5.76 Å². The lowest BCUT2D eigenvalue weighted by molar-refractivity contribution is 0.426. The van der Waals surface area contributed by atoms with Crippen molar-refractivity contribution in [2.45, 2.75) is 6.92 Å². The molecule has 0 fully saturated rings. The maximum atomic E-state index is 5.23. The number of aryl methyl sites for hydroxylation is 1. The molecule has 0 N–H and O–H groups in total. The predicted molar refractivity (Wildman–Crippen MR) is 74.3 cm³/mol. The van der Waals surface area contributed by atoms with Gasteiger partial charge in [0.05, 0.1) is 5.69 Å². The van der Waals surface area contributed by atoms with Crippen molar-refractivity contribution < 1.29 is 4.52 Å². The van der Waals surface area contributed by atoms with Crippen LogP contribution in [0.15, 0.2) is 40.9 Å². The summed E-state index contributed by atoms with van der Waals surface area (Å²) in [5, 5.41) is 17.5. The smallest absolute Gasteiger partial charge is 0.235 e. The SMILES string of the molecule is Cc1cc(-c2nn3c(-c4ccccc4)nnc3s2)on1. The first-order valence-electron chi connectivity index (χ1n) is 6.02. The zero-order chi connectivity index (χ0) is 13.5. The van der Waals surface area contributed by atoms with Crippen LogP contribution in [0.2, 0.25) is 0 Å². The third-order valence-corrected chi connectivity index (χ3v) is 3.77. The zero-order valence-corrected chi connectivity index (χ0v) is 11.3. The van der Waals surface area contributed by atoms with E-state index >= 15 is 0 Å². The Morgan fingerprint density at radius 2 is 2.00 bits per heavy atom. The van der Waals surface area contributed by atoms with Gasteiger partial charge in [-0.25, -0.2) is 0 Å². The molecule has 0 saturated heterocycles. The molecule has 0 atom stereocenters. The molecule has 0 aliphatic rings. The molecule has 0 spiro atoms. The number of benzene rings is 1. The number of fused-ring (bicyclic) bond motifs is 1. The largest absolute Gasteiger partial charge is 0.353 e. The van der Waals surface area contributed by atoms with E-state index in [0.717, 1.165) is 27.1 Å². The van der Waals surface area contributed by atoms with E-state index < -0.39 is 0 Å². The zero-order valence-electron chi connectivity index (χ0n) is 10.5. The second-order valence-electron chi connectivity index (χ2n) is 4.32. The summed E-state index contributed by atoms with van der Waals surface area (Å²) in [5.74, 6) is 1.37. The molecule has 0 aliphatic carbocycles. The van der Waals surface area contributed by atoms with Crippen molar-refractivity contribution in [2.75, 3.05) is 0 Å². The highest BCUT2D eigenvalue weighted by Crippen LogP contribution is 2.28. The van der Waals surface area contributed by atoms with Gasteiger partial charge in [0.1, 0.15) is 0 Å². The normalized spacial score (nSPS) is 11.2. The molecule has 0 saturated carbocycles. The van der Waals surface area contributed by atoms with E-state index in [9.17, 15) is 0 Å². The van der Waals surface area contributed by atoms with Crippen LogP contribution in [0.4, 0.5) is 0 Å². The van der Waals surface area contributed by atoms with Crippen molar-refractivity contribution in [3.05, 3.63) is 42.1 Å². The van der Waals surface area contributed by atoms with Crippen LogP contribution in [0, 0.1) is 6.92 Å². The molecule has 7 heteroatoms. The first kappa shape index (κ1) is 11.3. The molecule has 6 nitrogen and oxygen atoms in total. The Balaban J connectivity index is 1.87. The lowest BCUT2D eigenvalue weighted by Gasteiger charge is -1.94. The fourth-order valence-electron chi connectivity index (χ4n) is 1.95. The fourth-order valence-corrected chi connectivity index (χ4v) is 2.74. The first-order chi connectivity index (χ1) is 9.81. The maximum absolute atomic E-state index is 5.23. The van der Waals surface area contributed by atoms with Crippen molar-refractivity contribution in [3.63, 3.8) is 0 Å². The van der Waals surface area contributed by atoms with Gasteiger partial charge in [-0.05, 0) is 6.92 Å². The summed E-state index contributed by atoms with van der Waals surface area (Å²) in [6, 6.07) is 11.7.